The Morgan fingerprint density at radius 1 is 1.32 bits per heavy atom. The minimum absolute atomic E-state index is 0.00796. The second-order valence-corrected chi connectivity index (χ2v) is 8.03. The maximum Gasteiger partial charge on any atom is 0.214 e. The summed E-state index contributed by atoms with van der Waals surface area (Å²) in [4.78, 5) is 2.31. The third-order valence-corrected chi connectivity index (χ3v) is 6.45. The van der Waals surface area contributed by atoms with Crippen LogP contribution < -0.4 is 4.72 Å². The van der Waals surface area contributed by atoms with Gasteiger partial charge in [-0.25, -0.2) is 13.1 Å². The van der Waals surface area contributed by atoms with Crippen molar-refractivity contribution in [3.05, 3.63) is 24.2 Å². The summed E-state index contributed by atoms with van der Waals surface area (Å²) in [5, 5.41) is -0.298. The number of likely N-dealkylation sites (tertiary alicyclic amines) is 1. The molecule has 2 rings (SSSR count). The van der Waals surface area contributed by atoms with Crippen molar-refractivity contribution in [1.29, 1.82) is 0 Å². The van der Waals surface area contributed by atoms with Crippen LogP contribution in [0.5, 0.6) is 0 Å². The molecule has 1 saturated heterocycles. The van der Waals surface area contributed by atoms with E-state index < -0.39 is 10.0 Å². The van der Waals surface area contributed by atoms with Crippen molar-refractivity contribution in [2.75, 3.05) is 19.6 Å². The molecule has 0 unspecified atom stereocenters. The molecule has 22 heavy (non-hydrogen) atoms. The number of sulfonamides is 1. The average Bonchev–Trinajstić information content (AvgIpc) is 3.18. The molecular weight excluding hydrogens is 300 g/mol. The maximum absolute atomic E-state index is 12.5. The van der Waals surface area contributed by atoms with Gasteiger partial charge in [-0.2, -0.15) is 0 Å². The molecule has 1 aliphatic heterocycles. The molecule has 0 amide bonds. The highest BCUT2D eigenvalue weighted by atomic mass is 32.2. The van der Waals surface area contributed by atoms with E-state index in [4.69, 9.17) is 4.42 Å². The standard InChI is InChI=1S/C16H28N2O3S/c1-3-8-14(4-2)22(19,20)17-13-15(16-9-7-12-21-16)18-10-5-6-11-18/h7,9,12,14-15,17H,3-6,8,10-11,13H2,1-2H3/t14-,15+/m0/s1. The highest BCUT2D eigenvalue weighted by Crippen LogP contribution is 2.25. The Hall–Kier alpha value is -0.850. The van der Waals surface area contributed by atoms with Crippen molar-refractivity contribution in [1.82, 2.24) is 9.62 Å². The highest BCUT2D eigenvalue weighted by Gasteiger charge is 2.29. The zero-order valence-electron chi connectivity index (χ0n) is 13.6. The summed E-state index contributed by atoms with van der Waals surface area (Å²) >= 11 is 0. The molecule has 0 aliphatic carbocycles. The van der Waals surface area contributed by atoms with Gasteiger partial charge in [0, 0.05) is 6.54 Å². The van der Waals surface area contributed by atoms with E-state index in [1.165, 1.54) is 0 Å². The number of nitrogens with zero attached hydrogens (tertiary/aromatic N) is 1. The number of hydrogen-bond donors (Lipinski definition) is 1. The van der Waals surface area contributed by atoms with E-state index in [0.717, 1.165) is 38.1 Å². The molecule has 0 radical (unpaired) electrons. The van der Waals surface area contributed by atoms with Crippen LogP contribution in [0.1, 0.15) is 57.8 Å². The quantitative estimate of drug-likeness (QED) is 0.757. The van der Waals surface area contributed by atoms with E-state index in [-0.39, 0.29) is 11.3 Å². The van der Waals surface area contributed by atoms with Crippen molar-refractivity contribution in [2.45, 2.75) is 57.2 Å². The summed E-state index contributed by atoms with van der Waals surface area (Å²) in [6.07, 6.45) is 6.22. The van der Waals surface area contributed by atoms with Gasteiger partial charge in [0.05, 0.1) is 17.6 Å². The molecule has 1 aliphatic rings. The monoisotopic (exact) mass is 328 g/mol. The van der Waals surface area contributed by atoms with Crippen molar-refractivity contribution >= 4 is 10.0 Å². The van der Waals surface area contributed by atoms with Crippen LogP contribution >= 0.6 is 0 Å². The number of nitrogens with one attached hydrogen (secondary N) is 1. The van der Waals surface area contributed by atoms with Crippen molar-refractivity contribution in [3.8, 4) is 0 Å². The van der Waals surface area contributed by atoms with Gasteiger partial charge in [0.2, 0.25) is 10.0 Å². The van der Waals surface area contributed by atoms with E-state index >= 15 is 0 Å². The van der Waals surface area contributed by atoms with Crippen LogP contribution in [0.4, 0.5) is 0 Å². The summed E-state index contributed by atoms with van der Waals surface area (Å²) in [5.41, 5.74) is 0. The second-order valence-electron chi connectivity index (χ2n) is 5.99. The minimum Gasteiger partial charge on any atom is -0.468 e. The van der Waals surface area contributed by atoms with Crippen LogP contribution in [0, 0.1) is 0 Å². The molecule has 1 aromatic heterocycles. The van der Waals surface area contributed by atoms with Gasteiger partial charge in [0.15, 0.2) is 0 Å². The SMILES string of the molecule is CCC[C@H](CC)S(=O)(=O)NC[C@H](c1ccco1)N1CCCC1. The van der Waals surface area contributed by atoms with Crippen LogP contribution in [0.15, 0.2) is 22.8 Å². The second kappa shape index (κ2) is 8.13. The van der Waals surface area contributed by atoms with E-state index in [0.29, 0.717) is 19.4 Å². The third kappa shape index (κ3) is 4.33. The lowest BCUT2D eigenvalue weighted by Crippen LogP contribution is -2.40. The van der Waals surface area contributed by atoms with Gasteiger partial charge < -0.3 is 4.42 Å². The smallest absolute Gasteiger partial charge is 0.214 e. The molecule has 6 heteroatoms. The Morgan fingerprint density at radius 3 is 2.59 bits per heavy atom. The van der Waals surface area contributed by atoms with Gasteiger partial charge in [-0.15, -0.1) is 0 Å². The molecule has 0 spiro atoms. The van der Waals surface area contributed by atoms with Gasteiger partial charge in [0.1, 0.15) is 5.76 Å². The van der Waals surface area contributed by atoms with Crippen molar-refractivity contribution in [2.24, 2.45) is 0 Å². The number of furan rings is 1. The summed E-state index contributed by atoms with van der Waals surface area (Å²) in [5.74, 6) is 0.841. The number of hydrogen-bond acceptors (Lipinski definition) is 4. The number of rotatable bonds is 9. The zero-order chi connectivity index (χ0) is 16.0. The summed E-state index contributed by atoms with van der Waals surface area (Å²) in [6.45, 7) is 6.34. The Kier molecular flexibility index (Phi) is 6.47. The van der Waals surface area contributed by atoms with Crippen molar-refractivity contribution < 1.29 is 12.8 Å². The van der Waals surface area contributed by atoms with Gasteiger partial charge in [-0.3, -0.25) is 4.90 Å². The summed E-state index contributed by atoms with van der Waals surface area (Å²) < 4.78 is 33.3. The molecule has 1 N–H and O–H groups in total. The van der Waals surface area contributed by atoms with Crippen LogP contribution in [-0.2, 0) is 10.0 Å². The Bertz CT molecular complexity index is 522. The Morgan fingerprint density at radius 2 is 2.05 bits per heavy atom. The van der Waals surface area contributed by atoms with Crippen molar-refractivity contribution in [3.63, 3.8) is 0 Å². The lowest BCUT2D eigenvalue weighted by molar-refractivity contribution is 0.216. The van der Waals surface area contributed by atoms with Crippen LogP contribution in [0.2, 0.25) is 0 Å². The first-order valence-corrected chi connectivity index (χ1v) is 9.89. The van der Waals surface area contributed by atoms with E-state index in [1.54, 1.807) is 6.26 Å². The van der Waals surface area contributed by atoms with Gasteiger partial charge in [-0.1, -0.05) is 20.3 Å². The molecule has 0 bridgehead atoms. The fourth-order valence-electron chi connectivity index (χ4n) is 3.16. The van der Waals surface area contributed by atoms with Crippen LogP contribution in [-0.4, -0.2) is 38.2 Å². The first-order valence-electron chi connectivity index (χ1n) is 8.34. The van der Waals surface area contributed by atoms with E-state index in [9.17, 15) is 8.42 Å². The van der Waals surface area contributed by atoms with E-state index in [2.05, 4.69) is 9.62 Å². The molecule has 5 nitrogen and oxygen atoms in total. The maximum atomic E-state index is 12.5. The zero-order valence-corrected chi connectivity index (χ0v) is 14.4. The average molecular weight is 328 g/mol. The molecular formula is C16H28N2O3S. The fourth-order valence-corrected chi connectivity index (χ4v) is 4.77. The topological polar surface area (TPSA) is 62.6 Å². The molecule has 0 aromatic carbocycles. The predicted octanol–water partition coefficient (Wildman–Crippen LogP) is 2.91. The largest absolute Gasteiger partial charge is 0.468 e. The van der Waals surface area contributed by atoms with Crippen LogP contribution in [0.3, 0.4) is 0 Å². The lowest BCUT2D eigenvalue weighted by atomic mass is 10.2. The first kappa shape index (κ1) is 17.5. The molecule has 1 aromatic rings. The highest BCUT2D eigenvalue weighted by molar-refractivity contribution is 7.90. The van der Waals surface area contributed by atoms with Gasteiger partial charge >= 0.3 is 0 Å². The first-order chi connectivity index (χ1) is 10.6. The molecule has 2 heterocycles. The molecule has 2 atom stereocenters. The van der Waals surface area contributed by atoms with Gasteiger partial charge in [0.25, 0.3) is 0 Å². The van der Waals surface area contributed by atoms with E-state index in [1.807, 2.05) is 26.0 Å². The summed E-state index contributed by atoms with van der Waals surface area (Å²) in [7, 11) is -3.27. The Balaban J connectivity index is 2.04. The fraction of sp³-hybridized carbons (Fsp3) is 0.750. The lowest BCUT2D eigenvalue weighted by Gasteiger charge is -2.27. The normalized spacial score (nSPS) is 19.4. The Labute approximate surface area is 134 Å². The molecule has 0 saturated carbocycles. The molecule has 126 valence electrons. The summed E-state index contributed by atoms with van der Waals surface area (Å²) in [6, 6.07) is 3.78. The van der Waals surface area contributed by atoms with Gasteiger partial charge in [-0.05, 0) is 50.9 Å². The van der Waals surface area contributed by atoms with Crippen LogP contribution in [0.25, 0.3) is 0 Å². The minimum atomic E-state index is -3.27. The molecule has 1 fully saturated rings. The predicted molar refractivity (Wildman–Crippen MR) is 88.2 cm³/mol. The third-order valence-electron chi connectivity index (χ3n) is 4.44.